The lowest BCUT2D eigenvalue weighted by atomic mass is 10.1. The maximum absolute atomic E-state index is 10.7. The van der Waals surface area contributed by atoms with E-state index in [1.54, 1.807) is 31.3 Å². The highest BCUT2D eigenvalue weighted by Gasteiger charge is 2.11. The summed E-state index contributed by atoms with van der Waals surface area (Å²) >= 11 is 0. The van der Waals surface area contributed by atoms with Crippen LogP contribution in [0.1, 0.15) is 5.56 Å². The van der Waals surface area contributed by atoms with Gasteiger partial charge in [-0.05, 0) is 13.0 Å². The summed E-state index contributed by atoms with van der Waals surface area (Å²) in [5.41, 5.74) is 2.33. The fourth-order valence-corrected chi connectivity index (χ4v) is 1.39. The maximum atomic E-state index is 10.7. The molecule has 0 saturated heterocycles. The first-order chi connectivity index (χ1) is 7.18. The SMILES string of the molecule is Cc1ccc(-c2ccn[nH]2)cc1[N+](=O)[O-]. The summed E-state index contributed by atoms with van der Waals surface area (Å²) < 4.78 is 0. The van der Waals surface area contributed by atoms with Crippen LogP contribution in [0, 0.1) is 17.0 Å². The second-order valence-electron chi connectivity index (χ2n) is 3.23. The minimum atomic E-state index is -0.380. The van der Waals surface area contributed by atoms with Crippen LogP contribution in [-0.4, -0.2) is 15.1 Å². The Morgan fingerprint density at radius 2 is 2.20 bits per heavy atom. The summed E-state index contributed by atoms with van der Waals surface area (Å²) in [7, 11) is 0. The molecular formula is C10H9N3O2. The van der Waals surface area contributed by atoms with Crippen LogP contribution < -0.4 is 0 Å². The van der Waals surface area contributed by atoms with Crippen LogP contribution in [0.15, 0.2) is 30.5 Å². The van der Waals surface area contributed by atoms with Crippen molar-refractivity contribution in [2.75, 3.05) is 0 Å². The fraction of sp³-hybridized carbons (Fsp3) is 0.100. The Kier molecular flexibility index (Phi) is 2.21. The minimum Gasteiger partial charge on any atom is -0.278 e. The second kappa shape index (κ2) is 3.53. The minimum absolute atomic E-state index is 0.127. The molecule has 2 rings (SSSR count). The molecule has 0 radical (unpaired) electrons. The van der Waals surface area contributed by atoms with Crippen molar-refractivity contribution < 1.29 is 4.92 Å². The molecule has 0 amide bonds. The van der Waals surface area contributed by atoms with Crippen molar-refractivity contribution in [1.82, 2.24) is 10.2 Å². The fourth-order valence-electron chi connectivity index (χ4n) is 1.39. The second-order valence-corrected chi connectivity index (χ2v) is 3.23. The van der Waals surface area contributed by atoms with Gasteiger partial charge in [-0.3, -0.25) is 15.2 Å². The summed E-state index contributed by atoms with van der Waals surface area (Å²) in [4.78, 5) is 10.3. The molecule has 1 aromatic heterocycles. The highest BCUT2D eigenvalue weighted by atomic mass is 16.6. The van der Waals surface area contributed by atoms with E-state index in [-0.39, 0.29) is 10.6 Å². The number of rotatable bonds is 2. The molecule has 1 aromatic carbocycles. The van der Waals surface area contributed by atoms with Crippen LogP contribution in [0.3, 0.4) is 0 Å². The number of aryl methyl sites for hydroxylation is 1. The van der Waals surface area contributed by atoms with Gasteiger partial charge in [-0.25, -0.2) is 0 Å². The third kappa shape index (κ3) is 1.71. The van der Waals surface area contributed by atoms with Crippen molar-refractivity contribution in [1.29, 1.82) is 0 Å². The average molecular weight is 203 g/mol. The van der Waals surface area contributed by atoms with Crippen molar-refractivity contribution in [3.8, 4) is 11.3 Å². The zero-order valence-electron chi connectivity index (χ0n) is 8.10. The molecule has 76 valence electrons. The maximum Gasteiger partial charge on any atom is 0.272 e. The van der Waals surface area contributed by atoms with Crippen molar-refractivity contribution >= 4 is 5.69 Å². The lowest BCUT2D eigenvalue weighted by molar-refractivity contribution is -0.385. The van der Waals surface area contributed by atoms with Crippen molar-refractivity contribution in [3.63, 3.8) is 0 Å². The van der Waals surface area contributed by atoms with Crippen LogP contribution in [-0.2, 0) is 0 Å². The number of benzene rings is 1. The number of nitrogens with zero attached hydrogens (tertiary/aromatic N) is 2. The first-order valence-corrected chi connectivity index (χ1v) is 4.43. The van der Waals surface area contributed by atoms with Gasteiger partial charge in [-0.15, -0.1) is 0 Å². The molecule has 0 fully saturated rings. The molecule has 0 aliphatic rings. The van der Waals surface area contributed by atoms with E-state index in [1.165, 1.54) is 0 Å². The van der Waals surface area contributed by atoms with Gasteiger partial charge in [-0.1, -0.05) is 12.1 Å². The van der Waals surface area contributed by atoms with E-state index in [1.807, 2.05) is 6.07 Å². The molecule has 5 nitrogen and oxygen atoms in total. The van der Waals surface area contributed by atoms with Crippen LogP contribution in [0.4, 0.5) is 5.69 Å². The third-order valence-electron chi connectivity index (χ3n) is 2.22. The van der Waals surface area contributed by atoms with Gasteiger partial charge >= 0.3 is 0 Å². The van der Waals surface area contributed by atoms with Crippen LogP contribution in [0.2, 0.25) is 0 Å². The summed E-state index contributed by atoms with van der Waals surface area (Å²) in [5, 5.41) is 17.3. The predicted molar refractivity (Wildman–Crippen MR) is 55.4 cm³/mol. The van der Waals surface area contributed by atoms with Crippen molar-refractivity contribution in [3.05, 3.63) is 46.1 Å². The number of hydrogen-bond donors (Lipinski definition) is 1. The quantitative estimate of drug-likeness (QED) is 0.601. The van der Waals surface area contributed by atoms with Gasteiger partial charge in [0.2, 0.25) is 0 Å². The van der Waals surface area contributed by atoms with E-state index in [9.17, 15) is 10.1 Å². The summed E-state index contributed by atoms with van der Waals surface area (Å²) in [5.74, 6) is 0. The Balaban J connectivity index is 2.52. The molecule has 5 heteroatoms. The summed E-state index contributed by atoms with van der Waals surface area (Å²) in [6.07, 6.45) is 1.61. The summed E-state index contributed by atoms with van der Waals surface area (Å²) in [6.45, 7) is 1.72. The Bertz CT molecular complexity index is 491. The zero-order valence-corrected chi connectivity index (χ0v) is 8.10. The van der Waals surface area contributed by atoms with Crippen molar-refractivity contribution in [2.24, 2.45) is 0 Å². The number of aromatic amines is 1. The first-order valence-electron chi connectivity index (χ1n) is 4.43. The largest absolute Gasteiger partial charge is 0.278 e. The van der Waals surface area contributed by atoms with Crippen molar-refractivity contribution in [2.45, 2.75) is 6.92 Å². The molecule has 0 spiro atoms. The zero-order chi connectivity index (χ0) is 10.8. The molecule has 0 aliphatic heterocycles. The number of hydrogen-bond acceptors (Lipinski definition) is 3. The van der Waals surface area contributed by atoms with Crippen LogP contribution in [0.25, 0.3) is 11.3 Å². The average Bonchev–Trinajstić information content (AvgIpc) is 2.71. The van der Waals surface area contributed by atoms with E-state index in [0.29, 0.717) is 5.56 Å². The van der Waals surface area contributed by atoms with E-state index in [0.717, 1.165) is 11.3 Å². The number of nitro groups is 1. The predicted octanol–water partition coefficient (Wildman–Crippen LogP) is 2.29. The molecule has 1 heterocycles. The molecule has 2 aromatic rings. The van der Waals surface area contributed by atoms with E-state index >= 15 is 0 Å². The monoisotopic (exact) mass is 203 g/mol. The Morgan fingerprint density at radius 3 is 2.80 bits per heavy atom. The highest BCUT2D eigenvalue weighted by molar-refractivity contribution is 5.63. The molecule has 0 atom stereocenters. The van der Waals surface area contributed by atoms with Gasteiger partial charge in [0.15, 0.2) is 0 Å². The molecule has 15 heavy (non-hydrogen) atoms. The van der Waals surface area contributed by atoms with Gasteiger partial charge in [-0.2, -0.15) is 5.10 Å². The topological polar surface area (TPSA) is 71.8 Å². The van der Waals surface area contributed by atoms with Gasteiger partial charge in [0.1, 0.15) is 0 Å². The van der Waals surface area contributed by atoms with Gasteiger partial charge < -0.3 is 0 Å². The smallest absolute Gasteiger partial charge is 0.272 e. The normalized spacial score (nSPS) is 10.2. The number of nitrogens with one attached hydrogen (secondary N) is 1. The standard InChI is InChI=1S/C10H9N3O2/c1-7-2-3-8(6-10(7)13(14)15)9-4-5-11-12-9/h2-6H,1H3,(H,11,12). The first kappa shape index (κ1) is 9.39. The lowest BCUT2D eigenvalue weighted by Crippen LogP contribution is -1.92. The van der Waals surface area contributed by atoms with E-state index in [2.05, 4.69) is 10.2 Å². The number of H-pyrrole nitrogens is 1. The molecule has 0 unspecified atom stereocenters. The van der Waals surface area contributed by atoms with Crippen LogP contribution >= 0.6 is 0 Å². The van der Waals surface area contributed by atoms with Crippen LogP contribution in [0.5, 0.6) is 0 Å². The molecule has 1 N–H and O–H groups in total. The Morgan fingerprint density at radius 1 is 1.40 bits per heavy atom. The third-order valence-corrected chi connectivity index (χ3v) is 2.22. The van der Waals surface area contributed by atoms with E-state index in [4.69, 9.17) is 0 Å². The Hall–Kier alpha value is -2.17. The molecule has 0 bridgehead atoms. The molecular weight excluding hydrogens is 194 g/mol. The van der Waals surface area contributed by atoms with Gasteiger partial charge in [0.25, 0.3) is 5.69 Å². The molecule has 0 saturated carbocycles. The van der Waals surface area contributed by atoms with Gasteiger partial charge in [0, 0.05) is 23.4 Å². The lowest BCUT2D eigenvalue weighted by Gasteiger charge is -2.00. The number of nitro benzene ring substituents is 1. The van der Waals surface area contributed by atoms with Gasteiger partial charge in [0.05, 0.1) is 10.6 Å². The molecule has 0 aliphatic carbocycles. The highest BCUT2D eigenvalue weighted by Crippen LogP contribution is 2.25. The van der Waals surface area contributed by atoms with E-state index < -0.39 is 0 Å². The number of aromatic nitrogens is 2. The Labute approximate surface area is 85.9 Å². The summed E-state index contributed by atoms with van der Waals surface area (Å²) in [6, 6.07) is 6.88.